The van der Waals surface area contributed by atoms with E-state index in [-0.39, 0.29) is 58.4 Å². The number of hydrogen-bond acceptors (Lipinski definition) is 11. The highest BCUT2D eigenvalue weighted by molar-refractivity contribution is 6.03. The fourth-order valence-corrected chi connectivity index (χ4v) is 8.62. The van der Waals surface area contributed by atoms with E-state index < -0.39 is 23.9 Å². The molecule has 5 atom stereocenters. The normalized spacial score (nSPS) is 21.4. The number of rotatable bonds is 9. The van der Waals surface area contributed by atoms with Crippen molar-refractivity contribution in [3.63, 3.8) is 0 Å². The Kier molecular flexibility index (Phi) is 13.9. The first-order valence-electron chi connectivity index (χ1n) is 19.9. The van der Waals surface area contributed by atoms with E-state index in [9.17, 15) is 23.5 Å². The number of benzene rings is 2. The molecule has 2 aromatic heterocycles. The van der Waals surface area contributed by atoms with E-state index in [1.807, 2.05) is 4.90 Å². The Morgan fingerprint density at radius 3 is 2.47 bits per heavy atom. The van der Waals surface area contributed by atoms with Crippen molar-refractivity contribution in [3.05, 3.63) is 47.7 Å². The van der Waals surface area contributed by atoms with Crippen molar-refractivity contribution >= 4 is 39.9 Å². The Morgan fingerprint density at radius 1 is 1.09 bits per heavy atom. The molecule has 4 aliphatic heterocycles. The Bertz CT molecular complexity index is 2130. The number of anilines is 1. The van der Waals surface area contributed by atoms with Crippen LogP contribution in [0.1, 0.15) is 70.8 Å². The van der Waals surface area contributed by atoms with Gasteiger partial charge < -0.3 is 29.0 Å². The predicted octanol–water partition coefficient (Wildman–Crippen LogP) is 7.42. The summed E-state index contributed by atoms with van der Waals surface area (Å²) in [6.45, 7) is 6.73. The number of nitrogens with zero attached hydrogens (tertiary/aromatic N) is 6. The minimum Gasteiger partial charge on any atom is -0.508 e. The second-order valence-electron chi connectivity index (χ2n) is 15.1. The quantitative estimate of drug-likeness (QED) is 0.103. The van der Waals surface area contributed by atoms with Gasteiger partial charge in [0.15, 0.2) is 12.6 Å². The van der Waals surface area contributed by atoms with Crippen LogP contribution in [-0.2, 0) is 14.3 Å². The molecule has 58 heavy (non-hydrogen) atoms. The molecule has 4 aliphatic rings. The van der Waals surface area contributed by atoms with Gasteiger partial charge in [-0.2, -0.15) is 9.97 Å². The minimum absolute atomic E-state index is 0.0612. The standard InChI is InChI=1S/C29H25F2N5O5.C7H12FN.C7H14O/c1-4-19-22(30)8-5-15-9-18(37)10-20(23(15)19)25-24(31)26-21(11-32-25)27(34-28(33-26)40-3)35-12-16-6-7-17(13-35)36(16)29(38)41-14-39-2;8-6-4-7-2-1-3-9(7)5-6;1-3-5-7(4-2)6-8/h1,5,8-11,16-17,37H,6-7,12-14H2,2-3H3;6-7H,1-5H2;6-7H,3-5H2,1-2H3/t;6-,7?;/m.1./s1. The average Bonchev–Trinajstić information content (AvgIpc) is 3.89. The Balaban J connectivity index is 0.000000274. The minimum atomic E-state index is -0.812. The van der Waals surface area contributed by atoms with Gasteiger partial charge in [0.1, 0.15) is 41.1 Å². The van der Waals surface area contributed by atoms with Gasteiger partial charge in [0.05, 0.1) is 30.1 Å². The number of terminal acetylenes is 1. The van der Waals surface area contributed by atoms with E-state index in [1.54, 1.807) is 4.90 Å². The number of halogens is 3. The first-order chi connectivity index (χ1) is 28.0. The number of carbonyl (C=O) groups is 2. The summed E-state index contributed by atoms with van der Waals surface area (Å²) in [7, 11) is 2.82. The van der Waals surface area contributed by atoms with Crippen LogP contribution in [0.5, 0.6) is 11.8 Å². The Morgan fingerprint density at radius 2 is 1.84 bits per heavy atom. The number of aldehydes is 1. The van der Waals surface area contributed by atoms with Gasteiger partial charge in [0.2, 0.25) is 0 Å². The fraction of sp³-hybridized carbons (Fsp3) is 0.512. The number of hydrogen-bond donors (Lipinski definition) is 1. The van der Waals surface area contributed by atoms with Crippen LogP contribution in [0.2, 0.25) is 0 Å². The number of amides is 1. The van der Waals surface area contributed by atoms with Gasteiger partial charge in [-0.25, -0.2) is 18.0 Å². The summed E-state index contributed by atoms with van der Waals surface area (Å²) >= 11 is 0. The summed E-state index contributed by atoms with van der Waals surface area (Å²) < 4.78 is 58.9. The summed E-state index contributed by atoms with van der Waals surface area (Å²) in [5, 5.41) is 11.4. The highest BCUT2D eigenvalue weighted by atomic mass is 19.1. The number of aromatic nitrogens is 3. The molecule has 4 saturated heterocycles. The van der Waals surface area contributed by atoms with E-state index in [0.29, 0.717) is 48.2 Å². The zero-order chi connectivity index (χ0) is 41.5. The summed E-state index contributed by atoms with van der Waals surface area (Å²) in [6.07, 6.45) is 15.2. The van der Waals surface area contributed by atoms with Crippen LogP contribution in [-0.4, -0.2) is 114 Å². The lowest BCUT2D eigenvalue weighted by Crippen LogP contribution is -2.56. The largest absolute Gasteiger partial charge is 0.508 e. The zero-order valence-corrected chi connectivity index (χ0v) is 33.4. The van der Waals surface area contributed by atoms with E-state index in [1.165, 1.54) is 57.5 Å². The number of phenols is 1. The smallest absolute Gasteiger partial charge is 0.412 e. The maximum Gasteiger partial charge on any atom is 0.412 e. The molecular formula is C43H51F3N6O6. The number of fused-ring (bicyclic) bond motifs is 5. The highest BCUT2D eigenvalue weighted by Gasteiger charge is 2.44. The van der Waals surface area contributed by atoms with Gasteiger partial charge in [-0.3, -0.25) is 14.8 Å². The third-order valence-corrected chi connectivity index (χ3v) is 11.4. The lowest BCUT2D eigenvalue weighted by molar-refractivity contribution is -0.111. The Hall–Kier alpha value is -5.20. The molecular weight excluding hydrogens is 754 g/mol. The molecule has 1 N–H and O–H groups in total. The lowest BCUT2D eigenvalue weighted by Gasteiger charge is -2.41. The maximum absolute atomic E-state index is 16.3. The monoisotopic (exact) mass is 804 g/mol. The summed E-state index contributed by atoms with van der Waals surface area (Å²) in [5.41, 5.74) is -0.191. The molecule has 0 aliphatic carbocycles. The van der Waals surface area contributed by atoms with Crippen LogP contribution in [0.3, 0.4) is 0 Å². The summed E-state index contributed by atoms with van der Waals surface area (Å²) in [6, 6.07) is 5.63. The average molecular weight is 805 g/mol. The molecule has 4 fully saturated rings. The molecule has 12 nitrogen and oxygen atoms in total. The first-order valence-corrected chi connectivity index (χ1v) is 19.9. The number of carbonyl (C=O) groups excluding carboxylic acids is 2. The number of piperazine rings is 1. The molecule has 0 spiro atoms. The van der Waals surface area contributed by atoms with Crippen molar-refractivity contribution < 1.29 is 42.1 Å². The molecule has 4 aromatic rings. The van der Waals surface area contributed by atoms with Gasteiger partial charge in [-0.15, -0.1) is 6.42 Å². The number of methoxy groups -OCH3 is 2. The lowest BCUT2D eigenvalue weighted by atomic mass is 9.96. The van der Waals surface area contributed by atoms with Crippen molar-refractivity contribution in [2.24, 2.45) is 5.92 Å². The third-order valence-electron chi connectivity index (χ3n) is 11.4. The molecule has 1 amide bonds. The van der Waals surface area contributed by atoms with E-state index in [0.717, 1.165) is 51.4 Å². The van der Waals surface area contributed by atoms with Crippen LogP contribution in [0.4, 0.5) is 23.8 Å². The van der Waals surface area contributed by atoms with Gasteiger partial charge in [-0.1, -0.05) is 32.3 Å². The van der Waals surface area contributed by atoms with Crippen LogP contribution >= 0.6 is 0 Å². The second kappa shape index (κ2) is 19.0. The van der Waals surface area contributed by atoms with E-state index in [2.05, 4.69) is 39.6 Å². The summed E-state index contributed by atoms with van der Waals surface area (Å²) in [5.74, 6) is 1.42. The maximum atomic E-state index is 16.3. The van der Waals surface area contributed by atoms with E-state index >= 15 is 4.39 Å². The zero-order valence-electron chi connectivity index (χ0n) is 33.4. The van der Waals surface area contributed by atoms with Crippen molar-refractivity contribution in [2.75, 3.05) is 52.1 Å². The van der Waals surface area contributed by atoms with Crippen LogP contribution in [0, 0.1) is 29.9 Å². The predicted molar refractivity (Wildman–Crippen MR) is 214 cm³/mol. The second-order valence-corrected chi connectivity index (χ2v) is 15.1. The third kappa shape index (κ3) is 8.93. The molecule has 2 aromatic carbocycles. The molecule has 6 heterocycles. The van der Waals surface area contributed by atoms with Gasteiger partial charge in [0, 0.05) is 55.9 Å². The number of ether oxygens (including phenoxy) is 3. The van der Waals surface area contributed by atoms with Crippen molar-refractivity contribution in [2.45, 2.75) is 89.5 Å². The number of alkyl halides is 1. The van der Waals surface area contributed by atoms with Crippen molar-refractivity contribution in [3.8, 4) is 35.4 Å². The number of pyridine rings is 1. The molecule has 310 valence electrons. The highest BCUT2D eigenvalue weighted by Crippen LogP contribution is 2.40. The van der Waals surface area contributed by atoms with E-state index in [4.69, 9.17) is 20.6 Å². The molecule has 15 heteroatoms. The van der Waals surface area contributed by atoms with Crippen LogP contribution < -0.4 is 9.64 Å². The number of phenolic OH excluding ortho intramolecular Hbond substituents is 1. The van der Waals surface area contributed by atoms with Crippen molar-refractivity contribution in [1.82, 2.24) is 24.8 Å². The SMILES string of the molecule is C#Cc1c(F)ccc2cc(O)cc(-c3ncc4c(N5CC6CCC(C5)N6C(=O)OCOC)nc(OC)nc4c3F)c12.CCCC(C=O)CC.F[C@@H]1CC2CCCN2C1. The van der Waals surface area contributed by atoms with Crippen LogP contribution in [0.15, 0.2) is 30.5 Å². The topological polar surface area (TPSA) is 130 Å². The molecule has 4 unspecified atom stereocenters. The Labute approximate surface area is 336 Å². The van der Waals surface area contributed by atoms with Gasteiger partial charge >= 0.3 is 12.1 Å². The molecule has 2 bridgehead atoms. The summed E-state index contributed by atoms with van der Waals surface area (Å²) in [4.78, 5) is 41.9. The van der Waals surface area contributed by atoms with Gasteiger partial charge in [-0.05, 0) is 75.1 Å². The van der Waals surface area contributed by atoms with Gasteiger partial charge in [0.25, 0.3) is 0 Å². The van der Waals surface area contributed by atoms with Crippen molar-refractivity contribution in [1.29, 1.82) is 0 Å². The van der Waals surface area contributed by atoms with Crippen LogP contribution in [0.25, 0.3) is 32.9 Å². The molecule has 0 radical (unpaired) electrons. The first kappa shape index (κ1) is 42.4. The molecule has 0 saturated carbocycles. The fourth-order valence-electron chi connectivity index (χ4n) is 8.62. The molecule has 8 rings (SSSR count). The number of aromatic hydroxyl groups is 1.